The summed E-state index contributed by atoms with van der Waals surface area (Å²) in [6.07, 6.45) is 1.11. The molecular formula is C13H16BrNO4. The molecular weight excluding hydrogens is 314 g/mol. The minimum Gasteiger partial charge on any atom is -0.507 e. The van der Waals surface area contributed by atoms with Crippen LogP contribution in [0.25, 0.3) is 0 Å². The van der Waals surface area contributed by atoms with E-state index in [9.17, 15) is 14.7 Å². The van der Waals surface area contributed by atoms with Gasteiger partial charge in [-0.1, -0.05) is 6.92 Å². The summed E-state index contributed by atoms with van der Waals surface area (Å²) in [7, 11) is 0. The highest BCUT2D eigenvalue weighted by Gasteiger charge is 2.11. The third kappa shape index (κ3) is 4.90. The van der Waals surface area contributed by atoms with E-state index in [-0.39, 0.29) is 11.7 Å². The third-order valence-corrected chi connectivity index (χ3v) is 3.40. The SMILES string of the molecule is CC(CCCNC(=O)c1ccc(Br)c(O)c1)C(=O)O. The Morgan fingerprint density at radius 1 is 1.42 bits per heavy atom. The summed E-state index contributed by atoms with van der Waals surface area (Å²) in [6, 6.07) is 4.56. The number of hydrogen-bond donors (Lipinski definition) is 3. The zero-order chi connectivity index (χ0) is 14.4. The van der Waals surface area contributed by atoms with Crippen molar-refractivity contribution in [1.82, 2.24) is 5.32 Å². The number of amides is 1. The molecule has 0 aliphatic carbocycles. The van der Waals surface area contributed by atoms with E-state index in [4.69, 9.17) is 5.11 Å². The van der Waals surface area contributed by atoms with Gasteiger partial charge in [-0.25, -0.2) is 0 Å². The molecule has 1 rings (SSSR count). The van der Waals surface area contributed by atoms with Gasteiger partial charge >= 0.3 is 5.97 Å². The molecule has 19 heavy (non-hydrogen) atoms. The van der Waals surface area contributed by atoms with E-state index in [1.807, 2.05) is 0 Å². The Morgan fingerprint density at radius 2 is 2.11 bits per heavy atom. The number of carboxylic acid groups (broad SMARTS) is 1. The normalized spacial score (nSPS) is 11.9. The summed E-state index contributed by atoms with van der Waals surface area (Å²) in [4.78, 5) is 22.3. The lowest BCUT2D eigenvalue weighted by atomic mass is 10.1. The van der Waals surface area contributed by atoms with Crippen molar-refractivity contribution in [2.45, 2.75) is 19.8 Å². The van der Waals surface area contributed by atoms with Crippen LogP contribution in [0.4, 0.5) is 0 Å². The minimum absolute atomic E-state index is 0.00662. The van der Waals surface area contributed by atoms with Crippen molar-refractivity contribution in [3.8, 4) is 5.75 Å². The van der Waals surface area contributed by atoms with E-state index in [0.717, 1.165) is 0 Å². The zero-order valence-corrected chi connectivity index (χ0v) is 12.1. The first kappa shape index (κ1) is 15.5. The van der Waals surface area contributed by atoms with Crippen LogP contribution in [0.5, 0.6) is 5.75 Å². The summed E-state index contributed by atoms with van der Waals surface area (Å²) < 4.78 is 0.527. The number of carbonyl (C=O) groups is 2. The average molecular weight is 330 g/mol. The average Bonchev–Trinajstić information content (AvgIpc) is 2.37. The summed E-state index contributed by atoms with van der Waals surface area (Å²) in [6.45, 7) is 2.05. The van der Waals surface area contributed by atoms with E-state index < -0.39 is 11.9 Å². The van der Waals surface area contributed by atoms with Gasteiger partial charge in [0, 0.05) is 12.1 Å². The number of aliphatic carboxylic acids is 1. The van der Waals surface area contributed by atoms with Crippen LogP contribution in [0.15, 0.2) is 22.7 Å². The first-order valence-corrected chi connectivity index (χ1v) is 6.70. The number of nitrogens with one attached hydrogen (secondary N) is 1. The van der Waals surface area contributed by atoms with Crippen molar-refractivity contribution in [2.75, 3.05) is 6.54 Å². The Morgan fingerprint density at radius 3 is 2.68 bits per heavy atom. The number of aromatic hydroxyl groups is 1. The smallest absolute Gasteiger partial charge is 0.306 e. The molecule has 6 heteroatoms. The number of carboxylic acids is 1. The fourth-order valence-corrected chi connectivity index (χ4v) is 1.74. The van der Waals surface area contributed by atoms with Crippen LogP contribution in [-0.4, -0.2) is 28.6 Å². The molecule has 3 N–H and O–H groups in total. The lowest BCUT2D eigenvalue weighted by Gasteiger charge is -2.08. The summed E-state index contributed by atoms with van der Waals surface area (Å²) in [5.41, 5.74) is 0.368. The molecule has 1 unspecified atom stereocenters. The second kappa shape index (κ2) is 7.13. The highest BCUT2D eigenvalue weighted by molar-refractivity contribution is 9.10. The zero-order valence-electron chi connectivity index (χ0n) is 10.5. The Kier molecular flexibility index (Phi) is 5.82. The Balaban J connectivity index is 2.39. The van der Waals surface area contributed by atoms with Crippen LogP contribution in [0.1, 0.15) is 30.1 Å². The number of hydrogen-bond acceptors (Lipinski definition) is 3. The molecule has 0 aliphatic heterocycles. The molecule has 0 fully saturated rings. The van der Waals surface area contributed by atoms with Gasteiger partial charge in [0.1, 0.15) is 5.75 Å². The van der Waals surface area contributed by atoms with Crippen molar-refractivity contribution in [1.29, 1.82) is 0 Å². The van der Waals surface area contributed by atoms with Crippen molar-refractivity contribution >= 4 is 27.8 Å². The molecule has 0 saturated heterocycles. The quantitative estimate of drug-likeness (QED) is 0.699. The van der Waals surface area contributed by atoms with Gasteiger partial charge in [0.25, 0.3) is 5.91 Å². The highest BCUT2D eigenvalue weighted by Crippen LogP contribution is 2.24. The molecule has 1 amide bonds. The number of carbonyl (C=O) groups excluding carboxylic acids is 1. The molecule has 0 bridgehead atoms. The number of phenolic OH excluding ortho intramolecular Hbond substituents is 1. The maximum absolute atomic E-state index is 11.7. The van der Waals surface area contributed by atoms with E-state index in [1.165, 1.54) is 6.07 Å². The number of rotatable bonds is 6. The van der Waals surface area contributed by atoms with E-state index in [1.54, 1.807) is 19.1 Å². The molecule has 0 radical (unpaired) electrons. The van der Waals surface area contributed by atoms with Gasteiger partial charge in [-0.15, -0.1) is 0 Å². The van der Waals surface area contributed by atoms with Gasteiger partial charge in [-0.2, -0.15) is 0 Å². The van der Waals surface area contributed by atoms with Crippen LogP contribution < -0.4 is 5.32 Å². The van der Waals surface area contributed by atoms with E-state index in [2.05, 4.69) is 21.2 Å². The minimum atomic E-state index is -0.829. The molecule has 0 aliphatic rings. The van der Waals surface area contributed by atoms with Gasteiger partial charge < -0.3 is 15.5 Å². The molecule has 0 spiro atoms. The highest BCUT2D eigenvalue weighted by atomic mass is 79.9. The molecule has 1 atom stereocenters. The monoisotopic (exact) mass is 329 g/mol. The van der Waals surface area contributed by atoms with Crippen LogP contribution in [0.3, 0.4) is 0 Å². The Hall–Kier alpha value is -1.56. The molecule has 5 nitrogen and oxygen atoms in total. The van der Waals surface area contributed by atoms with Crippen LogP contribution in [-0.2, 0) is 4.79 Å². The molecule has 0 aromatic heterocycles. The summed E-state index contributed by atoms with van der Waals surface area (Å²) in [5.74, 6) is -1.52. The second-order valence-corrected chi connectivity index (χ2v) is 5.16. The van der Waals surface area contributed by atoms with Gasteiger partial charge in [0.05, 0.1) is 10.4 Å². The predicted octanol–water partition coefficient (Wildman–Crippen LogP) is 2.39. The largest absolute Gasteiger partial charge is 0.507 e. The second-order valence-electron chi connectivity index (χ2n) is 4.30. The van der Waals surface area contributed by atoms with Crippen molar-refractivity contribution in [3.63, 3.8) is 0 Å². The Labute approximate surface area is 119 Å². The van der Waals surface area contributed by atoms with Crippen LogP contribution in [0, 0.1) is 5.92 Å². The lowest BCUT2D eigenvalue weighted by molar-refractivity contribution is -0.141. The molecule has 1 aromatic carbocycles. The number of halogens is 1. The number of benzene rings is 1. The van der Waals surface area contributed by atoms with Gasteiger partial charge in [0.15, 0.2) is 0 Å². The molecule has 1 aromatic rings. The predicted molar refractivity (Wildman–Crippen MR) is 74.2 cm³/mol. The molecule has 104 valence electrons. The fraction of sp³-hybridized carbons (Fsp3) is 0.385. The third-order valence-electron chi connectivity index (χ3n) is 2.73. The fourth-order valence-electron chi connectivity index (χ4n) is 1.49. The van der Waals surface area contributed by atoms with Crippen molar-refractivity contribution in [3.05, 3.63) is 28.2 Å². The van der Waals surface area contributed by atoms with Crippen molar-refractivity contribution < 1.29 is 19.8 Å². The maximum Gasteiger partial charge on any atom is 0.306 e. The lowest BCUT2D eigenvalue weighted by Crippen LogP contribution is -2.25. The standard InChI is InChI=1S/C13H16BrNO4/c1-8(13(18)19)3-2-6-15-12(17)9-4-5-10(14)11(16)7-9/h4-5,7-8,16H,2-3,6H2,1H3,(H,15,17)(H,18,19). The Bertz CT molecular complexity index is 476. The summed E-state index contributed by atoms with van der Waals surface area (Å²) in [5, 5.41) is 20.8. The summed E-state index contributed by atoms with van der Waals surface area (Å²) >= 11 is 3.13. The number of phenols is 1. The van der Waals surface area contributed by atoms with Gasteiger partial charge in [-0.3, -0.25) is 9.59 Å². The first-order valence-electron chi connectivity index (χ1n) is 5.91. The molecule has 0 heterocycles. The molecule has 0 saturated carbocycles. The van der Waals surface area contributed by atoms with Gasteiger partial charge in [0.2, 0.25) is 0 Å². The van der Waals surface area contributed by atoms with Crippen LogP contribution in [0.2, 0.25) is 0 Å². The van der Waals surface area contributed by atoms with Crippen molar-refractivity contribution in [2.24, 2.45) is 5.92 Å². The van der Waals surface area contributed by atoms with Gasteiger partial charge in [-0.05, 0) is 47.0 Å². The first-order chi connectivity index (χ1) is 8.91. The van der Waals surface area contributed by atoms with E-state index >= 15 is 0 Å². The van der Waals surface area contributed by atoms with E-state index in [0.29, 0.717) is 29.4 Å². The topological polar surface area (TPSA) is 86.6 Å². The van der Waals surface area contributed by atoms with Crippen LogP contribution >= 0.6 is 15.9 Å². The maximum atomic E-state index is 11.7.